The van der Waals surface area contributed by atoms with Gasteiger partial charge in [0.15, 0.2) is 0 Å². The highest BCUT2D eigenvalue weighted by molar-refractivity contribution is 6.39. The smallest absolute Gasteiger partial charge is 0.337 e. The van der Waals surface area contributed by atoms with Gasteiger partial charge in [-0.25, -0.2) is 4.79 Å². The van der Waals surface area contributed by atoms with Crippen LogP contribution in [0.1, 0.15) is 30.6 Å². The van der Waals surface area contributed by atoms with Crippen molar-refractivity contribution in [3.05, 3.63) is 29.8 Å². The average Bonchev–Trinajstić information content (AvgIpc) is 2.61. The molecule has 2 N–H and O–H groups in total. The summed E-state index contributed by atoms with van der Waals surface area (Å²) >= 11 is 0. The van der Waals surface area contributed by atoms with Gasteiger partial charge in [0.2, 0.25) is 0 Å². The van der Waals surface area contributed by atoms with E-state index in [1.54, 1.807) is 0 Å². The molecule has 0 saturated heterocycles. The monoisotopic (exact) mass is 371 g/mol. The fraction of sp³-hybridized carbons (Fsp3) is 0.471. The van der Waals surface area contributed by atoms with Gasteiger partial charge < -0.3 is 20.3 Å². The summed E-state index contributed by atoms with van der Waals surface area (Å²) in [6, 6.07) is 6.11. The number of rotatable bonds is 8. The van der Waals surface area contributed by atoms with Gasteiger partial charge in [0.05, 0.1) is 12.7 Å². The molecule has 0 heterocycles. The van der Waals surface area contributed by atoms with Gasteiger partial charge in [0, 0.05) is 12.2 Å². The molecule has 0 aliphatic heterocycles. The number of halogens is 1. The number of carbonyl (C=O) groups is 3. The Hall–Kier alpha value is -2.12. The van der Waals surface area contributed by atoms with E-state index in [0.29, 0.717) is 17.8 Å². The number of esters is 1. The molecular formula is C17H26ClN3O4. The predicted octanol–water partition coefficient (Wildman–Crippen LogP) is 1.68. The minimum absolute atomic E-state index is 0. The number of hydrogen-bond donors (Lipinski definition) is 2. The Morgan fingerprint density at radius 3 is 2.16 bits per heavy atom. The minimum atomic E-state index is -0.733. The summed E-state index contributed by atoms with van der Waals surface area (Å²) in [4.78, 5) is 37.1. The van der Waals surface area contributed by atoms with Crippen LogP contribution in [0.2, 0.25) is 0 Å². The van der Waals surface area contributed by atoms with Crippen LogP contribution in [0.25, 0.3) is 0 Å². The molecule has 0 bridgehead atoms. The maximum atomic E-state index is 11.8. The molecule has 2 amide bonds. The number of carbonyl (C=O) groups excluding carboxylic acids is 3. The number of nitrogens with one attached hydrogen (secondary N) is 2. The van der Waals surface area contributed by atoms with Crippen molar-refractivity contribution in [3.8, 4) is 0 Å². The van der Waals surface area contributed by atoms with Crippen molar-refractivity contribution in [1.29, 1.82) is 0 Å². The molecule has 1 rings (SSSR count). The molecule has 8 heteroatoms. The minimum Gasteiger partial charge on any atom is -0.465 e. The summed E-state index contributed by atoms with van der Waals surface area (Å²) in [6.45, 7) is 7.43. The lowest BCUT2D eigenvalue weighted by molar-refractivity contribution is -0.136. The van der Waals surface area contributed by atoms with E-state index in [9.17, 15) is 14.4 Å². The lowest BCUT2D eigenvalue weighted by Crippen LogP contribution is -2.37. The van der Waals surface area contributed by atoms with Gasteiger partial charge in [-0.2, -0.15) is 0 Å². The van der Waals surface area contributed by atoms with E-state index in [2.05, 4.69) is 34.1 Å². The Labute approximate surface area is 154 Å². The van der Waals surface area contributed by atoms with Crippen molar-refractivity contribution in [2.75, 3.05) is 38.6 Å². The van der Waals surface area contributed by atoms with Crippen molar-refractivity contribution >= 4 is 35.9 Å². The first-order valence-corrected chi connectivity index (χ1v) is 8.01. The lowest BCUT2D eigenvalue weighted by atomic mass is 10.2. The van der Waals surface area contributed by atoms with E-state index in [-0.39, 0.29) is 12.4 Å². The van der Waals surface area contributed by atoms with Crippen LogP contribution in [0, 0.1) is 0 Å². The molecule has 1 aromatic rings. The predicted molar refractivity (Wildman–Crippen MR) is 99.1 cm³/mol. The summed E-state index contributed by atoms with van der Waals surface area (Å²) < 4.78 is 4.59. The maximum Gasteiger partial charge on any atom is 0.337 e. The molecule has 0 unspecified atom stereocenters. The van der Waals surface area contributed by atoms with E-state index in [0.717, 1.165) is 26.1 Å². The van der Waals surface area contributed by atoms with Gasteiger partial charge in [-0.3, -0.25) is 9.59 Å². The Morgan fingerprint density at radius 1 is 1.04 bits per heavy atom. The number of ether oxygens (including phenoxy) is 1. The third kappa shape index (κ3) is 8.00. The van der Waals surface area contributed by atoms with Crippen molar-refractivity contribution in [2.24, 2.45) is 0 Å². The largest absolute Gasteiger partial charge is 0.465 e. The van der Waals surface area contributed by atoms with E-state index in [4.69, 9.17) is 0 Å². The second-order valence-corrected chi connectivity index (χ2v) is 5.16. The lowest BCUT2D eigenvalue weighted by Gasteiger charge is -2.17. The zero-order valence-corrected chi connectivity index (χ0v) is 15.6. The zero-order chi connectivity index (χ0) is 17.9. The van der Waals surface area contributed by atoms with Crippen LogP contribution in [0.5, 0.6) is 0 Å². The molecule has 25 heavy (non-hydrogen) atoms. The highest BCUT2D eigenvalue weighted by atomic mass is 35.5. The van der Waals surface area contributed by atoms with Gasteiger partial charge in [-0.05, 0) is 50.3 Å². The fourth-order valence-corrected chi connectivity index (χ4v) is 2.12. The molecule has 0 spiro atoms. The molecule has 140 valence electrons. The molecule has 0 saturated carbocycles. The highest BCUT2D eigenvalue weighted by Gasteiger charge is 2.13. The molecule has 0 aliphatic carbocycles. The maximum absolute atomic E-state index is 11.8. The van der Waals surface area contributed by atoms with Crippen molar-refractivity contribution in [3.63, 3.8) is 0 Å². The van der Waals surface area contributed by atoms with Gasteiger partial charge in [0.25, 0.3) is 0 Å². The Kier molecular flexibility index (Phi) is 11.2. The first-order chi connectivity index (χ1) is 11.5. The number of amides is 2. The first kappa shape index (κ1) is 22.9. The van der Waals surface area contributed by atoms with E-state index < -0.39 is 17.8 Å². The molecule has 0 atom stereocenters. The zero-order valence-electron chi connectivity index (χ0n) is 14.8. The number of benzene rings is 1. The number of nitrogens with zero attached hydrogens (tertiary/aromatic N) is 1. The number of hydrogen-bond acceptors (Lipinski definition) is 5. The Bertz CT molecular complexity index is 560. The first-order valence-electron chi connectivity index (χ1n) is 8.01. The van der Waals surface area contributed by atoms with Crippen LogP contribution in [0.15, 0.2) is 24.3 Å². The van der Waals surface area contributed by atoms with Crippen LogP contribution >= 0.6 is 12.4 Å². The van der Waals surface area contributed by atoms with E-state index in [1.807, 2.05) is 0 Å². The summed E-state index contributed by atoms with van der Waals surface area (Å²) in [6.07, 6.45) is 0.786. The number of methoxy groups -OCH3 is 1. The van der Waals surface area contributed by atoms with Crippen LogP contribution in [-0.4, -0.2) is 56.0 Å². The summed E-state index contributed by atoms with van der Waals surface area (Å²) in [7, 11) is 1.29. The highest BCUT2D eigenvalue weighted by Crippen LogP contribution is 2.10. The van der Waals surface area contributed by atoms with Crippen molar-refractivity contribution < 1.29 is 19.1 Å². The van der Waals surface area contributed by atoms with E-state index >= 15 is 0 Å². The third-order valence-corrected chi connectivity index (χ3v) is 3.60. The van der Waals surface area contributed by atoms with Crippen LogP contribution in [0.4, 0.5) is 5.69 Å². The fourth-order valence-electron chi connectivity index (χ4n) is 2.12. The second-order valence-electron chi connectivity index (χ2n) is 5.16. The number of anilines is 1. The van der Waals surface area contributed by atoms with Gasteiger partial charge in [0.1, 0.15) is 0 Å². The van der Waals surface area contributed by atoms with E-state index in [1.165, 1.54) is 31.4 Å². The molecule has 7 nitrogen and oxygen atoms in total. The van der Waals surface area contributed by atoms with Crippen LogP contribution in [-0.2, 0) is 14.3 Å². The molecule has 0 fully saturated rings. The van der Waals surface area contributed by atoms with Gasteiger partial charge in [-0.1, -0.05) is 13.8 Å². The second kappa shape index (κ2) is 12.3. The summed E-state index contributed by atoms with van der Waals surface area (Å²) in [5, 5.41) is 5.08. The standard InChI is InChI=1S/C17H25N3O4.ClH/c1-4-20(5-2)12-6-11-18-15(21)16(22)19-14-9-7-13(8-10-14)17(23)24-3;/h7-10H,4-6,11-12H2,1-3H3,(H,18,21)(H,19,22);1H. The van der Waals surface area contributed by atoms with Crippen LogP contribution < -0.4 is 10.6 Å². The van der Waals surface area contributed by atoms with Crippen LogP contribution in [0.3, 0.4) is 0 Å². The van der Waals surface area contributed by atoms with Gasteiger partial charge >= 0.3 is 17.8 Å². The molecule has 0 aromatic heterocycles. The average molecular weight is 372 g/mol. The molecule has 0 aliphatic rings. The molecular weight excluding hydrogens is 346 g/mol. The Morgan fingerprint density at radius 2 is 1.64 bits per heavy atom. The van der Waals surface area contributed by atoms with Gasteiger partial charge in [-0.15, -0.1) is 12.4 Å². The molecule has 1 aromatic carbocycles. The quantitative estimate of drug-likeness (QED) is 0.412. The SMILES string of the molecule is CCN(CC)CCCNC(=O)C(=O)Nc1ccc(C(=O)OC)cc1.Cl. The summed E-state index contributed by atoms with van der Waals surface area (Å²) in [5.74, 6) is -1.87. The topological polar surface area (TPSA) is 87.7 Å². The molecule has 0 radical (unpaired) electrons. The Balaban J connectivity index is 0.00000576. The summed E-state index contributed by atoms with van der Waals surface area (Å²) in [5.41, 5.74) is 0.808. The van der Waals surface area contributed by atoms with Crippen molar-refractivity contribution in [2.45, 2.75) is 20.3 Å². The third-order valence-electron chi connectivity index (χ3n) is 3.60. The van der Waals surface area contributed by atoms with Crippen molar-refractivity contribution in [1.82, 2.24) is 10.2 Å². The normalized spacial score (nSPS) is 9.92.